The summed E-state index contributed by atoms with van der Waals surface area (Å²) in [5.41, 5.74) is 0. The van der Waals surface area contributed by atoms with Crippen LogP contribution in [0.4, 0.5) is 0 Å². The quantitative estimate of drug-likeness (QED) is 0.660. The summed E-state index contributed by atoms with van der Waals surface area (Å²) in [5, 5.41) is 0. The Kier molecular flexibility index (Phi) is 7.27. The standard InChI is InChI=1S/C5H5N.4ClH.Sn/c1-2-4-6-5-3-1;;;;;/h1-5H;4*1H;/q;;;;;+4/p-4. The topological polar surface area (TPSA) is 12.9 Å². The molecule has 0 N–H and O–H groups in total. The van der Waals surface area contributed by atoms with Gasteiger partial charge in [-0.1, -0.05) is 6.07 Å². The van der Waals surface area contributed by atoms with Crippen molar-refractivity contribution in [1.29, 1.82) is 0 Å². The second-order valence-electron chi connectivity index (χ2n) is 1.45. The Balaban J connectivity index is 0.000000187. The molecule has 11 heavy (non-hydrogen) atoms. The van der Waals surface area contributed by atoms with Gasteiger partial charge in [-0.2, -0.15) is 0 Å². The van der Waals surface area contributed by atoms with Crippen molar-refractivity contribution in [3.05, 3.63) is 30.6 Å². The Bertz CT molecular complexity index is 143. The fourth-order valence-electron chi connectivity index (χ4n) is 0.313. The van der Waals surface area contributed by atoms with E-state index in [9.17, 15) is 0 Å². The van der Waals surface area contributed by atoms with Crippen LogP contribution in [-0.2, 0) is 0 Å². The molecule has 62 valence electrons. The number of halogens is 4. The molecule has 0 amide bonds. The minimum Gasteiger partial charge on any atom is -0.265 e. The molecule has 1 rings (SSSR count). The van der Waals surface area contributed by atoms with Crippen LogP contribution in [-0.4, -0.2) is 18.9 Å². The predicted octanol–water partition coefficient (Wildman–Crippen LogP) is 3.46. The van der Waals surface area contributed by atoms with Crippen molar-refractivity contribution in [3.63, 3.8) is 0 Å². The summed E-state index contributed by atoms with van der Waals surface area (Å²) in [6.07, 6.45) is 3.50. The molecule has 1 nitrogen and oxygen atoms in total. The van der Waals surface area contributed by atoms with E-state index in [4.69, 9.17) is 35.7 Å². The van der Waals surface area contributed by atoms with E-state index in [0.717, 1.165) is 0 Å². The molecule has 0 atom stereocenters. The van der Waals surface area contributed by atoms with Crippen molar-refractivity contribution in [1.82, 2.24) is 4.98 Å². The summed E-state index contributed by atoms with van der Waals surface area (Å²) < 4.78 is 0. The fraction of sp³-hybridized carbons (Fsp3) is 0. The minimum absolute atomic E-state index is 1.75. The maximum atomic E-state index is 5.04. The first-order valence-electron chi connectivity index (χ1n) is 2.61. The number of hydrogen-bond donors (Lipinski definition) is 0. The van der Waals surface area contributed by atoms with Gasteiger partial charge < -0.3 is 0 Å². The maximum absolute atomic E-state index is 5.04. The van der Waals surface area contributed by atoms with E-state index in [1.165, 1.54) is 0 Å². The summed E-state index contributed by atoms with van der Waals surface area (Å²) in [6.45, 7) is 0. The van der Waals surface area contributed by atoms with Crippen molar-refractivity contribution in [3.8, 4) is 0 Å². The molecule has 1 aromatic heterocycles. The largest absolute Gasteiger partial charge is 0.265 e. The fourth-order valence-corrected chi connectivity index (χ4v) is 0.313. The molecular weight excluding hydrogens is 335 g/mol. The van der Waals surface area contributed by atoms with Crippen LogP contribution < -0.4 is 0 Å². The molecule has 0 spiro atoms. The smallest absolute Gasteiger partial charge is 0.0267 e. The van der Waals surface area contributed by atoms with E-state index in [1.54, 1.807) is 12.4 Å². The average Bonchev–Trinajstić information content (AvgIpc) is 1.88. The van der Waals surface area contributed by atoms with Gasteiger partial charge in [-0.15, -0.1) is 0 Å². The van der Waals surface area contributed by atoms with Crippen LogP contribution in [0.5, 0.6) is 0 Å². The molecule has 0 aliphatic carbocycles. The third-order valence-electron chi connectivity index (χ3n) is 0.566. The Labute approximate surface area is 84.4 Å². The zero-order chi connectivity index (χ0) is 8.74. The Hall–Kier alpha value is 1.11. The monoisotopic (exact) mass is 339 g/mol. The van der Waals surface area contributed by atoms with Gasteiger partial charge in [0.1, 0.15) is 0 Å². The molecule has 0 unspecified atom stereocenters. The molecule has 0 saturated heterocycles. The van der Waals surface area contributed by atoms with Gasteiger partial charge in [-0.05, 0) is 12.1 Å². The molecule has 0 saturated carbocycles. The van der Waals surface area contributed by atoms with E-state index >= 15 is 0 Å². The number of hydrogen-bond acceptors (Lipinski definition) is 1. The normalized spacial score (nSPS) is 9.82. The molecule has 6 heteroatoms. The van der Waals surface area contributed by atoms with E-state index in [0.29, 0.717) is 0 Å². The van der Waals surface area contributed by atoms with Crippen LogP contribution in [0, 0.1) is 0 Å². The maximum Gasteiger partial charge on any atom is 0.0267 e. The van der Waals surface area contributed by atoms with Gasteiger partial charge in [-0.25, -0.2) is 0 Å². The van der Waals surface area contributed by atoms with Gasteiger partial charge in [0, 0.05) is 12.4 Å². The van der Waals surface area contributed by atoms with Gasteiger partial charge in [0.15, 0.2) is 0 Å². The van der Waals surface area contributed by atoms with Gasteiger partial charge in [0.05, 0.1) is 0 Å². The summed E-state index contributed by atoms with van der Waals surface area (Å²) in [6, 6.07) is 5.72. The van der Waals surface area contributed by atoms with E-state index in [2.05, 4.69) is 4.98 Å². The summed E-state index contributed by atoms with van der Waals surface area (Å²) in [7, 11) is 20.1. The Morgan fingerprint density at radius 2 is 1.18 bits per heavy atom. The van der Waals surface area contributed by atoms with Gasteiger partial charge in [-0.3, -0.25) is 4.98 Å². The molecule has 0 aliphatic heterocycles. The van der Waals surface area contributed by atoms with Crippen molar-refractivity contribution < 1.29 is 0 Å². The first-order valence-corrected chi connectivity index (χ1v) is 17.1. The second-order valence-corrected chi connectivity index (χ2v) is 26.9. The molecule has 1 aromatic rings. The molecule has 0 aliphatic rings. The van der Waals surface area contributed by atoms with Crippen LogP contribution in [0.15, 0.2) is 30.6 Å². The molecule has 0 aromatic carbocycles. The van der Waals surface area contributed by atoms with Crippen LogP contribution in [0.25, 0.3) is 0 Å². The van der Waals surface area contributed by atoms with Crippen LogP contribution >= 0.6 is 35.7 Å². The van der Waals surface area contributed by atoms with E-state index in [1.807, 2.05) is 18.2 Å². The zero-order valence-corrected chi connectivity index (χ0v) is 11.2. The first kappa shape index (κ1) is 12.1. The SMILES string of the molecule is [Cl][Sn]([Cl])([Cl])[Cl].c1ccncc1. The number of aromatic nitrogens is 1. The van der Waals surface area contributed by atoms with Crippen LogP contribution in [0.3, 0.4) is 0 Å². The molecule has 1 heterocycles. The Morgan fingerprint density at radius 1 is 0.818 bits per heavy atom. The summed E-state index contributed by atoms with van der Waals surface area (Å²) in [5.74, 6) is 0. The average molecular weight is 340 g/mol. The van der Waals surface area contributed by atoms with E-state index in [-0.39, 0.29) is 0 Å². The summed E-state index contributed by atoms with van der Waals surface area (Å²) >= 11 is -3.29. The van der Waals surface area contributed by atoms with Crippen molar-refractivity contribution in [2.24, 2.45) is 0 Å². The van der Waals surface area contributed by atoms with Crippen molar-refractivity contribution in [2.45, 2.75) is 0 Å². The first-order chi connectivity index (χ1) is 5.00. The number of pyridine rings is 1. The minimum atomic E-state index is -3.29. The molecule has 0 fully saturated rings. The van der Waals surface area contributed by atoms with Crippen molar-refractivity contribution >= 4 is 49.6 Å². The molecule has 0 radical (unpaired) electrons. The molecular formula is C5H5Cl4NSn. The number of rotatable bonds is 0. The second kappa shape index (κ2) is 6.61. The van der Waals surface area contributed by atoms with Gasteiger partial charge >= 0.3 is 49.6 Å². The molecule has 0 bridgehead atoms. The Morgan fingerprint density at radius 3 is 1.27 bits per heavy atom. The number of nitrogens with zero attached hydrogens (tertiary/aromatic N) is 1. The van der Waals surface area contributed by atoms with E-state index < -0.39 is 13.9 Å². The van der Waals surface area contributed by atoms with Crippen molar-refractivity contribution in [2.75, 3.05) is 0 Å². The van der Waals surface area contributed by atoms with Crippen LogP contribution in [0.2, 0.25) is 0 Å². The zero-order valence-electron chi connectivity index (χ0n) is 5.35. The van der Waals surface area contributed by atoms with Gasteiger partial charge in [0.25, 0.3) is 0 Å². The third kappa shape index (κ3) is 18.2. The predicted molar refractivity (Wildman–Crippen MR) is 53.4 cm³/mol. The van der Waals surface area contributed by atoms with Crippen LogP contribution in [0.1, 0.15) is 0 Å². The van der Waals surface area contributed by atoms with Gasteiger partial charge in [0.2, 0.25) is 0 Å². The third-order valence-corrected chi connectivity index (χ3v) is 0.566. The summed E-state index contributed by atoms with van der Waals surface area (Å²) in [4.78, 5) is 3.78.